The van der Waals surface area contributed by atoms with Crippen LogP contribution in [-0.2, 0) is 0 Å². The van der Waals surface area contributed by atoms with Gasteiger partial charge < -0.3 is 14.3 Å². The van der Waals surface area contributed by atoms with Crippen LogP contribution in [-0.4, -0.2) is 30.3 Å². The molecule has 158 valence electrons. The van der Waals surface area contributed by atoms with E-state index < -0.39 is 12.0 Å². The molecule has 1 saturated carbocycles. The van der Waals surface area contributed by atoms with Crippen LogP contribution in [0.25, 0.3) is 22.1 Å². The van der Waals surface area contributed by atoms with Gasteiger partial charge in [-0.2, -0.15) is 0 Å². The normalized spacial score (nSPS) is 16.5. The Morgan fingerprint density at radius 1 is 1.17 bits per heavy atom. The van der Waals surface area contributed by atoms with E-state index in [1.807, 2.05) is 18.2 Å². The van der Waals surface area contributed by atoms with Crippen LogP contribution >= 0.6 is 11.6 Å². The molecule has 0 aliphatic heterocycles. The van der Waals surface area contributed by atoms with E-state index in [-0.39, 0.29) is 24.8 Å². The van der Waals surface area contributed by atoms with Gasteiger partial charge in [0.2, 0.25) is 11.8 Å². The van der Waals surface area contributed by atoms with Crippen molar-refractivity contribution in [2.24, 2.45) is 0 Å². The number of amides is 1. The molecule has 0 saturated heterocycles. The highest BCUT2D eigenvalue weighted by atomic mass is 35.5. The minimum atomic E-state index is -2.58. The monoisotopic (exact) mass is 435 g/mol. The molecule has 8 heteroatoms. The minimum Gasteiger partial charge on any atom is -0.490 e. The predicted octanol–water partition coefficient (Wildman–Crippen LogP) is 6.82. The van der Waals surface area contributed by atoms with Crippen molar-refractivity contribution in [2.75, 3.05) is 11.9 Å². The van der Waals surface area contributed by atoms with E-state index in [1.165, 1.54) is 7.05 Å². The molecule has 1 N–H and O–H groups in total. The molecule has 30 heavy (non-hydrogen) atoms. The van der Waals surface area contributed by atoms with Gasteiger partial charge in [0.15, 0.2) is 5.58 Å². The molecule has 0 spiro atoms. The third-order valence-electron chi connectivity index (χ3n) is 5.33. The summed E-state index contributed by atoms with van der Waals surface area (Å²) in [6.07, 6.45) is -0.932. The van der Waals surface area contributed by atoms with Crippen molar-refractivity contribution in [1.29, 1.82) is 0 Å². The Hall–Kier alpha value is -2.80. The van der Waals surface area contributed by atoms with Gasteiger partial charge in [0.05, 0.1) is 11.1 Å². The Labute approximate surface area is 176 Å². The topological polar surface area (TPSA) is 62.9 Å². The third-order valence-corrected chi connectivity index (χ3v) is 5.61. The molecule has 4 rings (SSSR count). The maximum absolute atomic E-state index is 13.3. The van der Waals surface area contributed by atoms with E-state index in [0.29, 0.717) is 34.6 Å². The zero-order valence-corrected chi connectivity index (χ0v) is 17.0. The van der Waals surface area contributed by atoms with Crippen LogP contribution < -0.4 is 9.64 Å². The fraction of sp³-hybridized carbons (Fsp3) is 0.318. The summed E-state index contributed by atoms with van der Waals surface area (Å²) in [6.45, 7) is 0. The summed E-state index contributed by atoms with van der Waals surface area (Å²) in [6, 6.07) is 12.6. The molecule has 1 amide bonds. The van der Waals surface area contributed by atoms with Gasteiger partial charge >= 0.3 is 6.09 Å². The van der Waals surface area contributed by atoms with Crippen molar-refractivity contribution >= 4 is 34.5 Å². The number of benzene rings is 2. The Morgan fingerprint density at radius 2 is 1.83 bits per heavy atom. The van der Waals surface area contributed by atoms with Gasteiger partial charge in [-0.05, 0) is 48.2 Å². The molecule has 1 heterocycles. The number of ether oxygens (including phenoxy) is 1. The van der Waals surface area contributed by atoms with Crippen LogP contribution in [0, 0.1) is 0 Å². The lowest BCUT2D eigenvalue weighted by atomic mass is 9.94. The van der Waals surface area contributed by atoms with Crippen LogP contribution in [0.5, 0.6) is 5.75 Å². The molecule has 1 aliphatic carbocycles. The van der Waals surface area contributed by atoms with Crippen molar-refractivity contribution in [3.05, 3.63) is 47.5 Å². The SMILES string of the molecule is CN(C(=O)O)c1cc2cc(-c3ccc(OC4CCC(F)(F)CC4)cc3)cc(Cl)c2o1. The van der Waals surface area contributed by atoms with Crippen LogP contribution in [0.15, 0.2) is 46.9 Å². The number of nitrogens with zero attached hydrogens (tertiary/aromatic N) is 1. The smallest absolute Gasteiger partial charge is 0.413 e. The molecule has 3 aromatic rings. The minimum absolute atomic E-state index is 0.141. The molecule has 0 unspecified atom stereocenters. The summed E-state index contributed by atoms with van der Waals surface area (Å²) in [5.74, 6) is -1.76. The van der Waals surface area contributed by atoms with Crippen LogP contribution in [0.4, 0.5) is 19.5 Å². The average molecular weight is 436 g/mol. The number of furan rings is 1. The zero-order valence-electron chi connectivity index (χ0n) is 16.2. The first-order valence-electron chi connectivity index (χ1n) is 9.56. The van der Waals surface area contributed by atoms with Gasteiger partial charge in [-0.3, -0.25) is 4.90 Å². The maximum Gasteiger partial charge on any atom is 0.413 e. The van der Waals surface area contributed by atoms with E-state index in [0.717, 1.165) is 16.0 Å². The first-order valence-corrected chi connectivity index (χ1v) is 9.94. The van der Waals surface area contributed by atoms with E-state index in [2.05, 4.69) is 0 Å². The zero-order chi connectivity index (χ0) is 21.5. The van der Waals surface area contributed by atoms with E-state index in [1.54, 1.807) is 24.3 Å². The second-order valence-electron chi connectivity index (χ2n) is 7.50. The molecule has 0 radical (unpaired) electrons. The highest BCUT2D eigenvalue weighted by Crippen LogP contribution is 2.37. The number of carbonyl (C=O) groups is 1. The van der Waals surface area contributed by atoms with Gasteiger partial charge in [0.1, 0.15) is 5.75 Å². The summed E-state index contributed by atoms with van der Waals surface area (Å²) in [4.78, 5) is 12.1. The number of anilines is 1. The number of hydrogen-bond donors (Lipinski definition) is 1. The quantitative estimate of drug-likeness (QED) is 0.488. The van der Waals surface area contributed by atoms with Crippen molar-refractivity contribution in [2.45, 2.75) is 37.7 Å². The molecule has 1 aliphatic rings. The average Bonchev–Trinajstić information content (AvgIpc) is 3.14. The van der Waals surface area contributed by atoms with E-state index in [4.69, 9.17) is 25.9 Å². The largest absolute Gasteiger partial charge is 0.490 e. The number of hydrogen-bond acceptors (Lipinski definition) is 3. The lowest BCUT2D eigenvalue weighted by Gasteiger charge is -2.28. The Kier molecular flexibility index (Phi) is 5.32. The fourth-order valence-electron chi connectivity index (χ4n) is 3.57. The first-order chi connectivity index (χ1) is 14.2. The Bertz CT molecular complexity index is 1070. The summed E-state index contributed by atoms with van der Waals surface area (Å²) in [5.41, 5.74) is 2.13. The van der Waals surface area contributed by atoms with Crippen LogP contribution in [0.1, 0.15) is 25.7 Å². The Morgan fingerprint density at radius 3 is 2.47 bits per heavy atom. The van der Waals surface area contributed by atoms with E-state index >= 15 is 0 Å². The predicted molar refractivity (Wildman–Crippen MR) is 111 cm³/mol. The fourth-order valence-corrected chi connectivity index (χ4v) is 3.84. The molecular formula is C22H20ClF2NO4. The summed E-state index contributed by atoms with van der Waals surface area (Å²) < 4.78 is 38.0. The maximum atomic E-state index is 13.3. The van der Waals surface area contributed by atoms with Gasteiger partial charge in [-0.25, -0.2) is 13.6 Å². The number of halogens is 3. The molecular weight excluding hydrogens is 416 g/mol. The van der Waals surface area contributed by atoms with Crippen LogP contribution in [0.2, 0.25) is 5.02 Å². The van der Waals surface area contributed by atoms with Crippen LogP contribution in [0.3, 0.4) is 0 Å². The summed E-state index contributed by atoms with van der Waals surface area (Å²) in [7, 11) is 1.39. The second kappa shape index (κ2) is 7.80. The van der Waals surface area contributed by atoms with Crippen molar-refractivity contribution in [1.82, 2.24) is 0 Å². The van der Waals surface area contributed by atoms with Gasteiger partial charge in [-0.15, -0.1) is 0 Å². The summed E-state index contributed by atoms with van der Waals surface area (Å²) in [5, 5.41) is 10.2. The number of alkyl halides is 2. The van der Waals surface area contributed by atoms with Gasteiger partial charge in [0, 0.05) is 31.3 Å². The summed E-state index contributed by atoms with van der Waals surface area (Å²) >= 11 is 6.35. The third kappa shape index (κ3) is 4.21. The van der Waals surface area contributed by atoms with E-state index in [9.17, 15) is 13.6 Å². The number of fused-ring (bicyclic) bond motifs is 1. The number of carboxylic acid groups (broad SMARTS) is 1. The molecule has 5 nitrogen and oxygen atoms in total. The lowest BCUT2D eigenvalue weighted by molar-refractivity contribution is -0.0582. The highest BCUT2D eigenvalue weighted by Gasteiger charge is 2.35. The van der Waals surface area contributed by atoms with Gasteiger partial charge in [-0.1, -0.05) is 23.7 Å². The number of rotatable bonds is 4. The van der Waals surface area contributed by atoms with Gasteiger partial charge in [0.25, 0.3) is 0 Å². The van der Waals surface area contributed by atoms with Crippen molar-refractivity contribution in [3.63, 3.8) is 0 Å². The van der Waals surface area contributed by atoms with Crippen molar-refractivity contribution < 1.29 is 27.8 Å². The molecule has 0 bridgehead atoms. The molecule has 1 fully saturated rings. The Balaban J connectivity index is 1.53. The first kappa shape index (κ1) is 20.5. The highest BCUT2D eigenvalue weighted by molar-refractivity contribution is 6.35. The molecule has 0 atom stereocenters. The van der Waals surface area contributed by atoms with Crippen molar-refractivity contribution in [3.8, 4) is 16.9 Å². The second-order valence-corrected chi connectivity index (χ2v) is 7.91. The lowest BCUT2D eigenvalue weighted by Crippen LogP contribution is -2.30. The molecule has 1 aromatic heterocycles. The molecule has 2 aromatic carbocycles. The standard InChI is InChI=1S/C22H20ClF2NO4/c1-26(21(27)28)19-12-15-10-14(11-18(23)20(15)30-19)13-2-4-16(5-3-13)29-17-6-8-22(24,25)9-7-17/h2-5,10-12,17H,6-9H2,1H3,(H,27,28).